The Kier molecular flexibility index (Phi) is 8.08. The number of carbonyl (C=O) groups excluding carboxylic acids is 2. The molecule has 0 bridgehead atoms. The van der Waals surface area contributed by atoms with Crippen molar-refractivity contribution < 1.29 is 19.1 Å². The normalized spacial score (nSPS) is 10.5. The largest absolute Gasteiger partial charge is 0.490 e. The van der Waals surface area contributed by atoms with Gasteiger partial charge in [-0.2, -0.15) is 0 Å². The van der Waals surface area contributed by atoms with E-state index < -0.39 is 0 Å². The Morgan fingerprint density at radius 1 is 1.06 bits per heavy atom. The summed E-state index contributed by atoms with van der Waals surface area (Å²) in [5.41, 5.74) is 1.72. The smallest absolute Gasteiger partial charge is 0.273 e. The van der Waals surface area contributed by atoms with Crippen molar-refractivity contribution in [3.05, 3.63) is 58.6 Å². The number of aromatic nitrogens is 1. The zero-order valence-electron chi connectivity index (χ0n) is 18.1. The van der Waals surface area contributed by atoms with Gasteiger partial charge in [0.2, 0.25) is 5.91 Å². The van der Waals surface area contributed by atoms with Crippen LogP contribution >= 0.6 is 22.9 Å². The first kappa shape index (κ1) is 23.6. The van der Waals surface area contributed by atoms with Crippen molar-refractivity contribution in [2.24, 2.45) is 0 Å². The number of amides is 2. The van der Waals surface area contributed by atoms with E-state index in [0.29, 0.717) is 40.4 Å². The van der Waals surface area contributed by atoms with E-state index in [2.05, 4.69) is 10.3 Å². The maximum Gasteiger partial charge on any atom is 0.273 e. The van der Waals surface area contributed by atoms with E-state index in [1.54, 1.807) is 42.8 Å². The molecule has 0 saturated heterocycles. The molecule has 0 aliphatic rings. The van der Waals surface area contributed by atoms with Crippen LogP contribution in [0.15, 0.2) is 47.8 Å². The quantitative estimate of drug-likeness (QED) is 0.474. The zero-order chi connectivity index (χ0) is 23.1. The highest BCUT2D eigenvalue weighted by atomic mass is 35.5. The maximum atomic E-state index is 12.7. The molecule has 3 rings (SSSR count). The van der Waals surface area contributed by atoms with Gasteiger partial charge in [0, 0.05) is 34.8 Å². The number of hydrogen-bond acceptors (Lipinski definition) is 6. The molecular formula is C23H24ClN3O4S. The molecule has 2 aromatic carbocycles. The van der Waals surface area contributed by atoms with Crippen LogP contribution in [0.25, 0.3) is 10.6 Å². The molecule has 9 heteroatoms. The highest BCUT2D eigenvalue weighted by Crippen LogP contribution is 2.30. The van der Waals surface area contributed by atoms with Crippen LogP contribution in [-0.2, 0) is 4.79 Å². The monoisotopic (exact) mass is 473 g/mol. The fourth-order valence-corrected chi connectivity index (χ4v) is 3.84. The van der Waals surface area contributed by atoms with Gasteiger partial charge in [0.1, 0.15) is 10.7 Å². The predicted molar refractivity (Wildman–Crippen MR) is 127 cm³/mol. The molecule has 7 nitrogen and oxygen atoms in total. The summed E-state index contributed by atoms with van der Waals surface area (Å²) in [5, 5.41) is 5.81. The second kappa shape index (κ2) is 11.0. The number of hydrogen-bond donors (Lipinski definition) is 1. The Hall–Kier alpha value is -3.10. The summed E-state index contributed by atoms with van der Waals surface area (Å²) in [7, 11) is 1.56. The van der Waals surface area contributed by atoms with Gasteiger partial charge in [-0.05, 0) is 38.1 Å². The van der Waals surface area contributed by atoms with Crippen LogP contribution in [0, 0.1) is 0 Å². The number of anilines is 1. The molecule has 1 heterocycles. The lowest BCUT2D eigenvalue weighted by Gasteiger charge is -2.16. The predicted octanol–water partition coefficient (Wildman–Crippen LogP) is 4.97. The summed E-state index contributed by atoms with van der Waals surface area (Å²) in [5.74, 6) is 0.493. The Balaban J connectivity index is 1.62. The second-order valence-corrected chi connectivity index (χ2v) is 8.08. The van der Waals surface area contributed by atoms with E-state index in [4.69, 9.17) is 21.1 Å². The molecule has 0 aliphatic heterocycles. The number of nitrogens with zero attached hydrogens (tertiary/aromatic N) is 2. The average Bonchev–Trinajstić information content (AvgIpc) is 3.26. The lowest BCUT2D eigenvalue weighted by molar-refractivity contribution is -0.116. The highest BCUT2D eigenvalue weighted by molar-refractivity contribution is 7.13. The van der Waals surface area contributed by atoms with Gasteiger partial charge in [0.05, 0.1) is 19.8 Å². The molecular weight excluding hydrogens is 450 g/mol. The third-order valence-electron chi connectivity index (χ3n) is 4.37. The van der Waals surface area contributed by atoms with Crippen LogP contribution in [0.3, 0.4) is 0 Å². The van der Waals surface area contributed by atoms with Crippen molar-refractivity contribution in [3.63, 3.8) is 0 Å². The minimum atomic E-state index is -0.335. The maximum absolute atomic E-state index is 12.7. The van der Waals surface area contributed by atoms with E-state index >= 15 is 0 Å². The van der Waals surface area contributed by atoms with Gasteiger partial charge >= 0.3 is 0 Å². The number of thiazole rings is 1. The lowest BCUT2D eigenvalue weighted by Crippen LogP contribution is -2.35. The van der Waals surface area contributed by atoms with Crippen molar-refractivity contribution in [1.29, 1.82) is 0 Å². The number of benzene rings is 2. The molecule has 0 radical (unpaired) electrons. The summed E-state index contributed by atoms with van der Waals surface area (Å²) in [6.45, 7) is 4.62. The van der Waals surface area contributed by atoms with Gasteiger partial charge in [0.15, 0.2) is 11.5 Å². The molecule has 0 atom stereocenters. The van der Waals surface area contributed by atoms with Gasteiger partial charge in [-0.1, -0.05) is 23.7 Å². The minimum Gasteiger partial charge on any atom is -0.490 e. The summed E-state index contributed by atoms with van der Waals surface area (Å²) >= 11 is 7.28. The molecule has 1 aromatic heterocycles. The third kappa shape index (κ3) is 5.99. The molecule has 2 amide bonds. The van der Waals surface area contributed by atoms with Gasteiger partial charge in [-0.3, -0.25) is 9.59 Å². The van der Waals surface area contributed by atoms with Crippen LogP contribution in [0.2, 0.25) is 5.02 Å². The molecule has 168 valence electrons. The van der Waals surface area contributed by atoms with Crippen molar-refractivity contribution in [3.8, 4) is 22.1 Å². The Labute approximate surface area is 195 Å². The number of halogens is 1. The molecule has 0 fully saturated rings. The standard InChI is InChI=1S/C23H24ClN3O4S/c1-4-30-19-11-10-17(12-20(19)31-5-2)25-21(28)13-27(3)23(29)18-14-32-22(26-18)15-6-8-16(24)9-7-15/h6-12,14H,4-5,13H2,1-3H3,(H,25,28). The molecule has 32 heavy (non-hydrogen) atoms. The number of carbonyl (C=O) groups is 2. The number of ether oxygens (including phenoxy) is 2. The first-order valence-corrected chi connectivity index (χ1v) is 11.3. The SMILES string of the molecule is CCOc1ccc(NC(=O)CN(C)C(=O)c2csc(-c3ccc(Cl)cc3)n2)cc1OCC. The van der Waals surface area contributed by atoms with E-state index in [-0.39, 0.29) is 24.1 Å². The minimum absolute atomic E-state index is 0.121. The van der Waals surface area contributed by atoms with Crippen molar-refractivity contribution in [2.45, 2.75) is 13.8 Å². The van der Waals surface area contributed by atoms with Crippen molar-refractivity contribution in [1.82, 2.24) is 9.88 Å². The Morgan fingerprint density at radius 3 is 2.44 bits per heavy atom. The van der Waals surface area contributed by atoms with Crippen LogP contribution in [0.5, 0.6) is 11.5 Å². The fraction of sp³-hybridized carbons (Fsp3) is 0.261. The Morgan fingerprint density at radius 2 is 1.75 bits per heavy atom. The Bertz CT molecular complexity index is 1090. The van der Waals surface area contributed by atoms with Gasteiger partial charge < -0.3 is 19.7 Å². The summed E-state index contributed by atoms with van der Waals surface area (Å²) in [4.78, 5) is 30.9. The molecule has 0 aliphatic carbocycles. The summed E-state index contributed by atoms with van der Waals surface area (Å²) in [6, 6.07) is 12.4. The first-order valence-electron chi connectivity index (χ1n) is 10.1. The van der Waals surface area contributed by atoms with Crippen LogP contribution < -0.4 is 14.8 Å². The molecule has 0 unspecified atom stereocenters. The average molecular weight is 474 g/mol. The van der Waals surface area contributed by atoms with Crippen molar-refractivity contribution >= 4 is 40.4 Å². The number of nitrogens with one attached hydrogen (secondary N) is 1. The topological polar surface area (TPSA) is 80.8 Å². The zero-order valence-corrected chi connectivity index (χ0v) is 19.6. The van der Waals surface area contributed by atoms with Gasteiger partial charge in [-0.15, -0.1) is 11.3 Å². The molecule has 3 aromatic rings. The summed E-state index contributed by atoms with van der Waals surface area (Å²) in [6.07, 6.45) is 0. The van der Waals surface area contributed by atoms with Crippen LogP contribution in [-0.4, -0.2) is 48.5 Å². The number of rotatable bonds is 9. The van der Waals surface area contributed by atoms with Crippen LogP contribution in [0.4, 0.5) is 5.69 Å². The third-order valence-corrected chi connectivity index (χ3v) is 5.51. The lowest BCUT2D eigenvalue weighted by atomic mass is 10.2. The summed E-state index contributed by atoms with van der Waals surface area (Å²) < 4.78 is 11.1. The molecule has 0 saturated carbocycles. The van der Waals surface area contributed by atoms with Crippen molar-refractivity contribution in [2.75, 3.05) is 32.1 Å². The molecule has 0 spiro atoms. The van der Waals surface area contributed by atoms with Crippen LogP contribution in [0.1, 0.15) is 24.3 Å². The van der Waals surface area contributed by atoms with Gasteiger partial charge in [-0.25, -0.2) is 4.98 Å². The van der Waals surface area contributed by atoms with Gasteiger partial charge in [0.25, 0.3) is 5.91 Å². The molecule has 1 N–H and O–H groups in total. The first-order chi connectivity index (χ1) is 15.4. The fourth-order valence-electron chi connectivity index (χ4n) is 2.91. The van der Waals surface area contributed by atoms with E-state index in [0.717, 1.165) is 5.56 Å². The van der Waals surface area contributed by atoms with E-state index in [1.807, 2.05) is 26.0 Å². The highest BCUT2D eigenvalue weighted by Gasteiger charge is 2.19. The number of likely N-dealkylation sites (N-methyl/N-ethyl adjacent to an activating group) is 1. The second-order valence-electron chi connectivity index (χ2n) is 6.78. The van der Waals surface area contributed by atoms with E-state index in [1.165, 1.54) is 16.2 Å². The van der Waals surface area contributed by atoms with E-state index in [9.17, 15) is 9.59 Å².